The second-order valence-electron chi connectivity index (χ2n) is 5.25. The van der Waals surface area contributed by atoms with E-state index in [9.17, 15) is 4.79 Å². The molecule has 0 fully saturated rings. The minimum atomic E-state index is 0.143. The average molecular weight is 298 g/mol. The summed E-state index contributed by atoms with van der Waals surface area (Å²) in [7, 11) is 0. The maximum absolute atomic E-state index is 12.4. The van der Waals surface area contributed by atoms with Crippen LogP contribution < -0.4 is 10.6 Å². The molecular formula is C17H18N2OS. The number of rotatable bonds is 3. The summed E-state index contributed by atoms with van der Waals surface area (Å²) in [5.74, 6) is 0.562. The van der Waals surface area contributed by atoms with Crippen molar-refractivity contribution in [2.24, 2.45) is 0 Å². The molecule has 1 amide bonds. The van der Waals surface area contributed by atoms with E-state index in [-0.39, 0.29) is 5.91 Å². The monoisotopic (exact) mass is 298 g/mol. The summed E-state index contributed by atoms with van der Waals surface area (Å²) in [6, 6.07) is 14.1. The van der Waals surface area contributed by atoms with Crippen molar-refractivity contribution in [1.29, 1.82) is 0 Å². The van der Waals surface area contributed by atoms with Gasteiger partial charge in [-0.2, -0.15) is 0 Å². The Morgan fingerprint density at radius 3 is 2.90 bits per heavy atom. The van der Waals surface area contributed by atoms with Gasteiger partial charge in [0.1, 0.15) is 0 Å². The van der Waals surface area contributed by atoms with Crippen molar-refractivity contribution in [3.8, 4) is 0 Å². The molecule has 4 heteroatoms. The second-order valence-corrected chi connectivity index (χ2v) is 6.27. The first-order valence-electron chi connectivity index (χ1n) is 7.02. The Labute approximate surface area is 129 Å². The summed E-state index contributed by atoms with van der Waals surface area (Å²) in [5, 5.41) is 0. The molecule has 108 valence electrons. The molecule has 0 aliphatic carbocycles. The number of fused-ring (bicyclic) bond motifs is 1. The van der Waals surface area contributed by atoms with Crippen LogP contribution in [0.25, 0.3) is 0 Å². The van der Waals surface area contributed by atoms with E-state index in [4.69, 9.17) is 5.73 Å². The van der Waals surface area contributed by atoms with Crippen LogP contribution in [0.1, 0.15) is 11.1 Å². The lowest BCUT2D eigenvalue weighted by Gasteiger charge is -2.17. The fourth-order valence-electron chi connectivity index (χ4n) is 2.61. The molecule has 1 heterocycles. The highest BCUT2D eigenvalue weighted by molar-refractivity contribution is 8.00. The number of anilines is 2. The van der Waals surface area contributed by atoms with Crippen LogP contribution in [0.2, 0.25) is 0 Å². The average Bonchev–Trinajstić information content (AvgIpc) is 2.90. The summed E-state index contributed by atoms with van der Waals surface area (Å²) >= 11 is 1.51. The van der Waals surface area contributed by atoms with E-state index in [1.807, 2.05) is 48.2 Å². The largest absolute Gasteiger partial charge is 0.398 e. The van der Waals surface area contributed by atoms with Gasteiger partial charge in [0.25, 0.3) is 0 Å². The number of nitrogens with two attached hydrogens (primary N) is 1. The number of aryl methyl sites for hydroxylation is 1. The quantitative estimate of drug-likeness (QED) is 0.699. The summed E-state index contributed by atoms with van der Waals surface area (Å²) < 4.78 is 0. The number of hydrogen-bond donors (Lipinski definition) is 1. The molecule has 1 aliphatic heterocycles. The number of benzene rings is 2. The van der Waals surface area contributed by atoms with Crippen molar-refractivity contribution in [1.82, 2.24) is 0 Å². The van der Waals surface area contributed by atoms with Crippen LogP contribution in [-0.4, -0.2) is 18.2 Å². The molecule has 2 aromatic carbocycles. The Bertz CT molecular complexity index is 684. The smallest absolute Gasteiger partial charge is 0.237 e. The van der Waals surface area contributed by atoms with E-state index in [0.29, 0.717) is 5.75 Å². The molecule has 3 nitrogen and oxygen atoms in total. The molecule has 21 heavy (non-hydrogen) atoms. The van der Waals surface area contributed by atoms with Gasteiger partial charge in [-0.15, -0.1) is 11.8 Å². The number of hydrogen-bond acceptors (Lipinski definition) is 3. The molecule has 2 N–H and O–H groups in total. The van der Waals surface area contributed by atoms with Gasteiger partial charge in [0.15, 0.2) is 0 Å². The van der Waals surface area contributed by atoms with E-state index >= 15 is 0 Å². The number of nitrogens with zero attached hydrogens (tertiary/aromatic N) is 1. The molecule has 2 aromatic rings. The molecule has 0 saturated carbocycles. The summed E-state index contributed by atoms with van der Waals surface area (Å²) in [5.41, 5.74) is 10.2. The predicted molar refractivity (Wildman–Crippen MR) is 88.8 cm³/mol. The van der Waals surface area contributed by atoms with Crippen molar-refractivity contribution >= 4 is 29.0 Å². The number of carbonyl (C=O) groups excluding carboxylic acids is 1. The fraction of sp³-hybridized carbons (Fsp3) is 0.235. The van der Waals surface area contributed by atoms with E-state index in [1.54, 1.807) is 0 Å². The summed E-state index contributed by atoms with van der Waals surface area (Å²) in [6.07, 6.45) is 0.944. The highest BCUT2D eigenvalue weighted by Crippen LogP contribution is 2.30. The Balaban J connectivity index is 1.68. The maximum atomic E-state index is 12.4. The lowest BCUT2D eigenvalue weighted by molar-refractivity contribution is -0.116. The molecule has 0 bridgehead atoms. The van der Waals surface area contributed by atoms with Crippen LogP contribution in [-0.2, 0) is 11.2 Å². The van der Waals surface area contributed by atoms with Gasteiger partial charge in [-0.25, -0.2) is 0 Å². The van der Waals surface area contributed by atoms with Gasteiger partial charge in [0.05, 0.1) is 5.75 Å². The van der Waals surface area contributed by atoms with Crippen molar-refractivity contribution in [2.75, 3.05) is 22.9 Å². The third-order valence-electron chi connectivity index (χ3n) is 3.70. The van der Waals surface area contributed by atoms with Crippen LogP contribution in [0.3, 0.4) is 0 Å². The molecule has 0 radical (unpaired) electrons. The van der Waals surface area contributed by atoms with Crippen molar-refractivity contribution < 1.29 is 4.79 Å². The topological polar surface area (TPSA) is 46.3 Å². The first-order valence-corrected chi connectivity index (χ1v) is 8.01. The molecular weight excluding hydrogens is 280 g/mol. The van der Waals surface area contributed by atoms with E-state index in [2.05, 4.69) is 6.07 Å². The molecule has 3 rings (SSSR count). The number of amides is 1. The fourth-order valence-corrected chi connectivity index (χ4v) is 3.44. The molecule has 0 aromatic heterocycles. The lowest BCUT2D eigenvalue weighted by Crippen LogP contribution is -2.30. The van der Waals surface area contributed by atoms with Gasteiger partial charge in [-0.3, -0.25) is 4.79 Å². The minimum absolute atomic E-state index is 0.143. The van der Waals surface area contributed by atoms with Crippen molar-refractivity contribution in [3.63, 3.8) is 0 Å². The summed E-state index contributed by atoms with van der Waals surface area (Å²) in [4.78, 5) is 15.3. The molecule has 0 unspecified atom stereocenters. The molecule has 0 saturated heterocycles. The van der Waals surface area contributed by atoms with Crippen molar-refractivity contribution in [3.05, 3.63) is 53.6 Å². The standard InChI is InChI=1S/C17H18N2OS/c1-12-6-7-16(14(18)10-12)21-11-17(20)19-9-8-13-4-2-3-5-15(13)19/h2-7,10H,8-9,11,18H2,1H3. The Morgan fingerprint density at radius 1 is 1.29 bits per heavy atom. The van der Waals surface area contributed by atoms with Crippen LogP contribution in [0.15, 0.2) is 47.4 Å². The third-order valence-corrected chi connectivity index (χ3v) is 4.78. The summed E-state index contributed by atoms with van der Waals surface area (Å²) in [6.45, 7) is 2.79. The number of para-hydroxylation sites is 1. The Kier molecular flexibility index (Phi) is 3.88. The van der Waals surface area contributed by atoms with E-state index in [0.717, 1.165) is 34.8 Å². The number of thioether (sulfide) groups is 1. The third kappa shape index (κ3) is 2.90. The van der Waals surface area contributed by atoms with Crippen LogP contribution >= 0.6 is 11.8 Å². The zero-order chi connectivity index (χ0) is 14.8. The number of carbonyl (C=O) groups is 1. The van der Waals surface area contributed by atoms with Gasteiger partial charge in [-0.05, 0) is 42.7 Å². The Morgan fingerprint density at radius 2 is 2.10 bits per heavy atom. The van der Waals surface area contributed by atoms with Crippen LogP contribution in [0.5, 0.6) is 0 Å². The minimum Gasteiger partial charge on any atom is -0.398 e. The molecule has 0 spiro atoms. The van der Waals surface area contributed by atoms with Crippen LogP contribution in [0.4, 0.5) is 11.4 Å². The highest BCUT2D eigenvalue weighted by atomic mass is 32.2. The zero-order valence-corrected chi connectivity index (χ0v) is 12.8. The predicted octanol–water partition coefficient (Wildman–Crippen LogP) is 3.26. The van der Waals surface area contributed by atoms with Gasteiger partial charge in [0, 0.05) is 22.8 Å². The van der Waals surface area contributed by atoms with E-state index in [1.165, 1.54) is 17.3 Å². The number of nitrogen functional groups attached to an aromatic ring is 1. The van der Waals surface area contributed by atoms with Gasteiger partial charge in [-0.1, -0.05) is 24.3 Å². The first-order chi connectivity index (χ1) is 10.1. The Hall–Kier alpha value is -1.94. The normalized spacial score (nSPS) is 13.3. The van der Waals surface area contributed by atoms with Crippen LogP contribution in [0, 0.1) is 6.92 Å². The zero-order valence-electron chi connectivity index (χ0n) is 12.0. The van der Waals surface area contributed by atoms with Gasteiger partial charge >= 0.3 is 0 Å². The van der Waals surface area contributed by atoms with Gasteiger partial charge < -0.3 is 10.6 Å². The van der Waals surface area contributed by atoms with Crippen molar-refractivity contribution in [2.45, 2.75) is 18.2 Å². The first kappa shape index (κ1) is 14.0. The van der Waals surface area contributed by atoms with Gasteiger partial charge in [0.2, 0.25) is 5.91 Å². The lowest BCUT2D eigenvalue weighted by atomic mass is 10.2. The van der Waals surface area contributed by atoms with E-state index < -0.39 is 0 Å². The SMILES string of the molecule is Cc1ccc(SCC(=O)N2CCc3ccccc32)c(N)c1. The molecule has 0 atom stereocenters. The molecule has 1 aliphatic rings. The highest BCUT2D eigenvalue weighted by Gasteiger charge is 2.23. The maximum Gasteiger partial charge on any atom is 0.237 e. The second kappa shape index (κ2) is 5.82.